The third kappa shape index (κ3) is 3.08. The van der Waals surface area contributed by atoms with Gasteiger partial charge in [-0.1, -0.05) is 0 Å². The van der Waals surface area contributed by atoms with Crippen molar-refractivity contribution in [2.75, 3.05) is 20.3 Å². The highest BCUT2D eigenvalue weighted by Gasteiger charge is 2.28. The number of nitrogens with zero attached hydrogens (tertiary/aromatic N) is 2. The first kappa shape index (κ1) is 13.5. The average Bonchev–Trinajstić information content (AvgIpc) is 2.87. The van der Waals surface area contributed by atoms with Crippen LogP contribution in [0.15, 0.2) is 17.8 Å². The maximum absolute atomic E-state index is 10.5. The van der Waals surface area contributed by atoms with Gasteiger partial charge in [-0.05, 0) is 19.4 Å². The van der Waals surface area contributed by atoms with E-state index in [9.17, 15) is 5.11 Å². The number of nitrogens with two attached hydrogens (primary N) is 1. The van der Waals surface area contributed by atoms with E-state index in [0.717, 1.165) is 17.1 Å². The summed E-state index contributed by atoms with van der Waals surface area (Å²) < 4.78 is 7.08. The Morgan fingerprint density at radius 1 is 1.61 bits per heavy atom. The fourth-order valence-electron chi connectivity index (χ4n) is 2.11. The highest BCUT2D eigenvalue weighted by atomic mass is 32.1. The number of ether oxygens (including phenoxy) is 1. The second-order valence-electron chi connectivity index (χ2n) is 4.55. The van der Waals surface area contributed by atoms with Crippen LogP contribution < -0.4 is 5.73 Å². The number of aliphatic hydroxyl groups is 1. The lowest BCUT2D eigenvalue weighted by Gasteiger charge is -2.26. The predicted molar refractivity (Wildman–Crippen MR) is 71.9 cm³/mol. The van der Waals surface area contributed by atoms with Gasteiger partial charge >= 0.3 is 0 Å². The molecule has 1 unspecified atom stereocenters. The lowest BCUT2D eigenvalue weighted by Crippen LogP contribution is -2.37. The molecule has 0 amide bonds. The normalized spacial score (nSPS) is 15.1. The van der Waals surface area contributed by atoms with E-state index in [2.05, 4.69) is 4.98 Å². The summed E-state index contributed by atoms with van der Waals surface area (Å²) in [6.07, 6.45) is 5.82. The first-order valence-corrected chi connectivity index (χ1v) is 6.87. The molecule has 0 aliphatic rings. The van der Waals surface area contributed by atoms with Gasteiger partial charge in [-0.2, -0.15) is 0 Å². The molecule has 0 radical (unpaired) electrons. The fraction of sp³-hybridized carbons (Fsp3) is 0.583. The van der Waals surface area contributed by atoms with Gasteiger partial charge in [-0.25, -0.2) is 4.98 Å². The molecule has 5 nitrogen and oxygen atoms in total. The van der Waals surface area contributed by atoms with Crippen LogP contribution >= 0.6 is 11.3 Å². The molecular formula is C12H19N3O2S. The van der Waals surface area contributed by atoms with Gasteiger partial charge in [0.1, 0.15) is 0 Å². The molecule has 0 aliphatic carbocycles. The molecule has 0 spiro atoms. The van der Waals surface area contributed by atoms with Crippen LogP contribution in [0.2, 0.25) is 0 Å². The molecule has 2 aromatic rings. The zero-order chi connectivity index (χ0) is 13.0. The topological polar surface area (TPSA) is 72.8 Å². The molecule has 0 bridgehead atoms. The lowest BCUT2D eigenvalue weighted by molar-refractivity contribution is -0.0380. The van der Waals surface area contributed by atoms with Crippen molar-refractivity contribution in [3.8, 4) is 0 Å². The Morgan fingerprint density at radius 2 is 2.44 bits per heavy atom. The Bertz CT molecular complexity index is 468. The molecule has 0 fully saturated rings. The Morgan fingerprint density at radius 3 is 3.11 bits per heavy atom. The van der Waals surface area contributed by atoms with Crippen LogP contribution in [0.3, 0.4) is 0 Å². The van der Waals surface area contributed by atoms with Crippen molar-refractivity contribution in [1.82, 2.24) is 9.38 Å². The molecule has 2 rings (SSSR count). The van der Waals surface area contributed by atoms with E-state index in [0.29, 0.717) is 26.0 Å². The van der Waals surface area contributed by atoms with Crippen molar-refractivity contribution in [1.29, 1.82) is 0 Å². The molecule has 1 atom stereocenters. The first-order chi connectivity index (χ1) is 8.67. The molecule has 0 saturated heterocycles. The number of hydrogen-bond acceptors (Lipinski definition) is 5. The third-order valence-electron chi connectivity index (χ3n) is 2.91. The quantitative estimate of drug-likeness (QED) is 0.788. The Hall–Kier alpha value is -0.950. The number of aromatic nitrogens is 2. The zero-order valence-electron chi connectivity index (χ0n) is 10.5. The smallest absolute Gasteiger partial charge is 0.193 e. The molecule has 0 saturated carbocycles. The largest absolute Gasteiger partial charge is 0.387 e. The van der Waals surface area contributed by atoms with Gasteiger partial charge in [-0.3, -0.25) is 4.40 Å². The summed E-state index contributed by atoms with van der Waals surface area (Å²) in [6.45, 7) is 0.877. The minimum Gasteiger partial charge on any atom is -0.387 e. The van der Waals surface area contributed by atoms with Gasteiger partial charge in [-0.15, -0.1) is 11.3 Å². The number of fused-ring (bicyclic) bond motifs is 1. The summed E-state index contributed by atoms with van der Waals surface area (Å²) >= 11 is 1.58. The molecule has 2 heterocycles. The van der Waals surface area contributed by atoms with Gasteiger partial charge in [0.15, 0.2) is 4.96 Å². The van der Waals surface area contributed by atoms with Crippen molar-refractivity contribution < 1.29 is 9.84 Å². The van der Waals surface area contributed by atoms with Crippen LogP contribution in [0.1, 0.15) is 18.5 Å². The highest BCUT2D eigenvalue weighted by Crippen LogP contribution is 2.21. The van der Waals surface area contributed by atoms with Gasteiger partial charge in [0.2, 0.25) is 0 Å². The fourth-order valence-corrected chi connectivity index (χ4v) is 2.83. The second-order valence-corrected chi connectivity index (χ2v) is 5.42. The molecule has 100 valence electrons. The van der Waals surface area contributed by atoms with Gasteiger partial charge in [0.05, 0.1) is 17.9 Å². The number of hydrogen-bond donors (Lipinski definition) is 2. The minimum atomic E-state index is -0.877. The van der Waals surface area contributed by atoms with Crippen LogP contribution in [0.4, 0.5) is 0 Å². The summed E-state index contributed by atoms with van der Waals surface area (Å²) in [5.74, 6) is 0. The van der Waals surface area contributed by atoms with Crippen LogP contribution in [0.5, 0.6) is 0 Å². The summed E-state index contributed by atoms with van der Waals surface area (Å²) in [5, 5.41) is 12.5. The predicted octanol–water partition coefficient (Wildman–Crippen LogP) is 1.05. The van der Waals surface area contributed by atoms with Gasteiger partial charge in [0, 0.05) is 31.3 Å². The van der Waals surface area contributed by atoms with Gasteiger partial charge in [0.25, 0.3) is 0 Å². The van der Waals surface area contributed by atoms with E-state index < -0.39 is 5.60 Å². The van der Waals surface area contributed by atoms with E-state index in [4.69, 9.17) is 10.5 Å². The summed E-state index contributed by atoms with van der Waals surface area (Å²) in [5.41, 5.74) is 5.51. The number of methoxy groups -OCH3 is 1. The van der Waals surface area contributed by atoms with E-state index in [1.165, 1.54) is 0 Å². The molecule has 18 heavy (non-hydrogen) atoms. The Balaban J connectivity index is 2.09. The third-order valence-corrected chi connectivity index (χ3v) is 3.68. The van der Waals surface area contributed by atoms with E-state index in [1.54, 1.807) is 18.4 Å². The molecule has 2 aromatic heterocycles. The van der Waals surface area contributed by atoms with Crippen molar-refractivity contribution in [2.24, 2.45) is 5.73 Å². The maximum Gasteiger partial charge on any atom is 0.193 e. The maximum atomic E-state index is 10.5. The SMILES string of the molecule is COCC(O)(CCCN)Cc1cn2ccsc2n1. The zero-order valence-corrected chi connectivity index (χ0v) is 11.3. The average molecular weight is 269 g/mol. The number of rotatable bonds is 7. The second kappa shape index (κ2) is 5.79. The molecule has 0 aromatic carbocycles. The Kier molecular flexibility index (Phi) is 4.34. The van der Waals surface area contributed by atoms with Crippen LogP contribution in [-0.2, 0) is 11.2 Å². The van der Waals surface area contributed by atoms with E-state index in [1.807, 2.05) is 22.2 Å². The monoisotopic (exact) mass is 269 g/mol. The summed E-state index contributed by atoms with van der Waals surface area (Å²) in [7, 11) is 1.60. The Labute approximate surface area is 110 Å². The minimum absolute atomic E-state index is 0.304. The van der Waals surface area contributed by atoms with E-state index in [-0.39, 0.29) is 0 Å². The summed E-state index contributed by atoms with van der Waals surface area (Å²) in [6, 6.07) is 0. The lowest BCUT2D eigenvalue weighted by atomic mass is 9.93. The molecule has 3 N–H and O–H groups in total. The van der Waals surface area contributed by atoms with Crippen molar-refractivity contribution >= 4 is 16.3 Å². The van der Waals surface area contributed by atoms with Crippen molar-refractivity contribution in [3.05, 3.63) is 23.5 Å². The van der Waals surface area contributed by atoms with Crippen molar-refractivity contribution in [2.45, 2.75) is 24.9 Å². The number of imidazole rings is 1. The van der Waals surface area contributed by atoms with Crippen LogP contribution in [0, 0.1) is 0 Å². The first-order valence-electron chi connectivity index (χ1n) is 5.99. The molecule has 6 heteroatoms. The van der Waals surface area contributed by atoms with Crippen LogP contribution in [-0.4, -0.2) is 40.4 Å². The highest BCUT2D eigenvalue weighted by molar-refractivity contribution is 7.15. The molecular weight excluding hydrogens is 250 g/mol. The van der Waals surface area contributed by atoms with Crippen LogP contribution in [0.25, 0.3) is 4.96 Å². The van der Waals surface area contributed by atoms with Crippen molar-refractivity contribution in [3.63, 3.8) is 0 Å². The van der Waals surface area contributed by atoms with Gasteiger partial charge < -0.3 is 15.6 Å². The summed E-state index contributed by atoms with van der Waals surface area (Å²) in [4.78, 5) is 5.43. The number of thiazole rings is 1. The molecule has 0 aliphatic heterocycles. The standard InChI is InChI=1S/C12H19N3O2S/c1-17-9-12(16,3-2-4-13)7-10-8-15-5-6-18-11(15)14-10/h5-6,8,16H,2-4,7,9,13H2,1H3. The van der Waals surface area contributed by atoms with E-state index >= 15 is 0 Å².